The van der Waals surface area contributed by atoms with E-state index in [4.69, 9.17) is 14.2 Å². The molecule has 178 valence electrons. The van der Waals surface area contributed by atoms with Crippen LogP contribution >= 0.6 is 7.26 Å². The zero-order chi connectivity index (χ0) is 22.4. The van der Waals surface area contributed by atoms with Crippen molar-refractivity contribution in [1.29, 1.82) is 0 Å². The van der Waals surface area contributed by atoms with Crippen LogP contribution in [0.25, 0.3) is 0 Å². The number of halogens is 1. The number of ether oxygens (including phenoxy) is 3. The summed E-state index contributed by atoms with van der Waals surface area (Å²) in [6.45, 7) is 0. The molecule has 0 saturated heterocycles. The predicted molar refractivity (Wildman–Crippen MR) is 139 cm³/mol. The molecule has 4 nitrogen and oxygen atoms in total. The molecule has 0 aliphatic rings. The van der Waals surface area contributed by atoms with Gasteiger partial charge >= 0.3 is 0 Å². The average Bonchev–Trinajstić information content (AvgIpc) is 2.88. The van der Waals surface area contributed by atoms with Crippen LogP contribution in [0.4, 0.5) is 0 Å². The fourth-order valence-corrected chi connectivity index (χ4v) is 8.48. The molecule has 4 aromatic carbocycles. The fraction of sp³-hybridized carbons (Fsp3) is 0.143. The van der Waals surface area contributed by atoms with Crippen LogP contribution in [0.5, 0.6) is 17.2 Å². The van der Waals surface area contributed by atoms with Crippen LogP contribution < -0.4 is 42.5 Å². The Morgan fingerprint density at radius 1 is 0.529 bits per heavy atom. The minimum Gasteiger partial charge on any atom is -1.00 e. The van der Waals surface area contributed by atoms with Crippen molar-refractivity contribution in [2.45, 2.75) is 6.16 Å². The quantitative estimate of drug-likeness (QED) is 0.346. The normalized spacial score (nSPS) is 10.4. The van der Waals surface area contributed by atoms with Crippen molar-refractivity contribution >= 4 is 23.2 Å². The molecule has 4 rings (SSSR count). The molecule has 0 aromatic heterocycles. The standard InChI is InChI=1S/C28H28O3P.ClH.H2O/c1-29-26-20-28(31-3)27(30-2)19-22(26)21-32(23-13-7-4-8-14-23,24-15-9-5-10-16-24)25-17-11-6-12-18-25;;/h4-20H,21H2,1-3H3;1H;1H2/q+1;;/p-1. The van der Waals surface area contributed by atoms with E-state index in [9.17, 15) is 0 Å². The molecule has 0 aliphatic heterocycles. The number of hydrogen-bond donors (Lipinski definition) is 0. The van der Waals surface area contributed by atoms with Crippen LogP contribution in [0.15, 0.2) is 103 Å². The topological polar surface area (TPSA) is 59.2 Å². The molecule has 2 N–H and O–H groups in total. The van der Waals surface area contributed by atoms with Crippen LogP contribution in [0.2, 0.25) is 0 Å². The summed E-state index contributed by atoms with van der Waals surface area (Å²) in [5.74, 6) is 2.17. The zero-order valence-electron chi connectivity index (χ0n) is 19.6. The van der Waals surface area contributed by atoms with Gasteiger partial charge in [0.2, 0.25) is 0 Å². The van der Waals surface area contributed by atoms with Gasteiger partial charge in [-0.2, -0.15) is 0 Å². The van der Waals surface area contributed by atoms with E-state index in [1.807, 2.05) is 6.07 Å². The Balaban J connectivity index is 0.00000204. The largest absolute Gasteiger partial charge is 1.00 e. The van der Waals surface area contributed by atoms with Gasteiger partial charge in [-0.1, -0.05) is 54.6 Å². The summed E-state index contributed by atoms with van der Waals surface area (Å²) < 4.78 is 17.0. The van der Waals surface area contributed by atoms with Crippen molar-refractivity contribution in [3.63, 3.8) is 0 Å². The number of rotatable bonds is 8. The fourth-order valence-electron chi connectivity index (χ4n) is 4.24. The lowest BCUT2D eigenvalue weighted by atomic mass is 10.2. The Morgan fingerprint density at radius 2 is 0.882 bits per heavy atom. The van der Waals surface area contributed by atoms with Crippen molar-refractivity contribution < 1.29 is 32.1 Å². The minimum absolute atomic E-state index is 0. The van der Waals surface area contributed by atoms with Crippen molar-refractivity contribution in [3.05, 3.63) is 109 Å². The molecule has 0 radical (unpaired) electrons. The second-order valence-corrected chi connectivity index (χ2v) is 11.0. The summed E-state index contributed by atoms with van der Waals surface area (Å²) in [6, 6.07) is 36.5. The third-order valence-electron chi connectivity index (χ3n) is 5.79. The average molecular weight is 497 g/mol. The van der Waals surface area contributed by atoms with Gasteiger partial charge in [-0.3, -0.25) is 0 Å². The lowest BCUT2D eigenvalue weighted by molar-refractivity contribution is -0.00000832. The first-order valence-electron chi connectivity index (χ1n) is 10.6. The predicted octanol–water partition coefficient (Wildman–Crippen LogP) is 1.39. The first kappa shape index (κ1) is 27.2. The summed E-state index contributed by atoms with van der Waals surface area (Å²) in [6.07, 6.45) is 0.800. The van der Waals surface area contributed by atoms with Gasteiger partial charge < -0.3 is 32.1 Å². The summed E-state index contributed by atoms with van der Waals surface area (Å²) in [5, 5.41) is 3.98. The van der Waals surface area contributed by atoms with Crippen LogP contribution in [0.1, 0.15) is 5.56 Å². The maximum atomic E-state index is 5.82. The lowest BCUT2D eigenvalue weighted by Crippen LogP contribution is -3.00. The third-order valence-corrected chi connectivity index (χ3v) is 10.1. The van der Waals surface area contributed by atoms with Gasteiger partial charge in [-0.15, -0.1) is 0 Å². The Hall–Kier alpha value is -3.04. The Kier molecular flexibility index (Phi) is 9.95. The SMILES string of the molecule is COc1cc(OC)c(OC)cc1C[P+](c1ccccc1)(c1ccccc1)c1ccccc1.O.[Cl-]. The van der Waals surface area contributed by atoms with Crippen molar-refractivity contribution in [1.82, 2.24) is 0 Å². The minimum atomic E-state index is -2.05. The lowest BCUT2D eigenvalue weighted by Gasteiger charge is -2.28. The third kappa shape index (κ3) is 5.20. The van der Waals surface area contributed by atoms with Gasteiger partial charge in [0.25, 0.3) is 0 Å². The van der Waals surface area contributed by atoms with Gasteiger partial charge in [-0.05, 0) is 42.5 Å². The van der Waals surface area contributed by atoms with E-state index < -0.39 is 7.26 Å². The molecule has 0 amide bonds. The Morgan fingerprint density at radius 3 is 1.24 bits per heavy atom. The molecular formula is C28H30ClO4P. The molecule has 0 aliphatic carbocycles. The maximum absolute atomic E-state index is 5.82. The molecule has 0 bridgehead atoms. The van der Waals surface area contributed by atoms with Crippen molar-refractivity contribution in [2.75, 3.05) is 21.3 Å². The molecular weight excluding hydrogens is 467 g/mol. The molecule has 0 heterocycles. The summed E-state index contributed by atoms with van der Waals surface area (Å²) in [7, 11) is 2.97. The number of benzene rings is 4. The van der Waals surface area contributed by atoms with E-state index in [2.05, 4.69) is 97.1 Å². The molecule has 0 atom stereocenters. The van der Waals surface area contributed by atoms with Gasteiger partial charge in [0.05, 0.1) is 21.3 Å². The van der Waals surface area contributed by atoms with Gasteiger partial charge in [0.15, 0.2) is 11.5 Å². The highest BCUT2D eigenvalue weighted by Gasteiger charge is 2.46. The van der Waals surface area contributed by atoms with Crippen LogP contribution in [0.3, 0.4) is 0 Å². The van der Waals surface area contributed by atoms with Gasteiger partial charge in [0.1, 0.15) is 35.1 Å². The van der Waals surface area contributed by atoms with E-state index in [0.29, 0.717) is 11.5 Å². The highest BCUT2D eigenvalue weighted by atomic mass is 35.5. The van der Waals surface area contributed by atoms with Crippen LogP contribution in [-0.4, -0.2) is 26.8 Å². The highest BCUT2D eigenvalue weighted by Crippen LogP contribution is 2.59. The van der Waals surface area contributed by atoms with Crippen molar-refractivity contribution in [2.24, 2.45) is 0 Å². The first-order chi connectivity index (χ1) is 15.7. The molecule has 34 heavy (non-hydrogen) atoms. The molecule has 6 heteroatoms. The smallest absolute Gasteiger partial charge is 0.164 e. The summed E-state index contributed by atoms with van der Waals surface area (Å²) >= 11 is 0. The number of methoxy groups -OCH3 is 3. The first-order valence-corrected chi connectivity index (χ1v) is 12.5. The van der Waals surface area contributed by atoms with Crippen LogP contribution in [-0.2, 0) is 6.16 Å². The van der Waals surface area contributed by atoms with Crippen molar-refractivity contribution in [3.8, 4) is 17.2 Å². The van der Waals surface area contributed by atoms with E-state index in [0.717, 1.165) is 17.5 Å². The second-order valence-electron chi connectivity index (χ2n) is 7.49. The highest BCUT2D eigenvalue weighted by molar-refractivity contribution is 7.95. The van der Waals surface area contributed by atoms with E-state index >= 15 is 0 Å². The van der Waals surface area contributed by atoms with E-state index in [-0.39, 0.29) is 17.9 Å². The zero-order valence-corrected chi connectivity index (χ0v) is 21.2. The monoisotopic (exact) mass is 496 g/mol. The number of hydrogen-bond acceptors (Lipinski definition) is 3. The van der Waals surface area contributed by atoms with E-state index in [1.54, 1.807) is 21.3 Å². The molecule has 0 unspecified atom stereocenters. The molecule has 0 spiro atoms. The van der Waals surface area contributed by atoms with Crippen LogP contribution in [0, 0.1) is 0 Å². The van der Waals surface area contributed by atoms with Gasteiger partial charge in [-0.25, -0.2) is 0 Å². The maximum Gasteiger partial charge on any atom is 0.164 e. The van der Waals surface area contributed by atoms with E-state index in [1.165, 1.54) is 15.9 Å². The second kappa shape index (κ2) is 12.4. The Labute approximate surface area is 208 Å². The molecule has 0 fully saturated rings. The molecule has 0 saturated carbocycles. The Bertz CT molecular complexity index is 1060. The summed E-state index contributed by atoms with van der Waals surface area (Å²) in [5.41, 5.74) is 1.09. The summed E-state index contributed by atoms with van der Waals surface area (Å²) in [4.78, 5) is 0. The van der Waals surface area contributed by atoms with Gasteiger partial charge in [0, 0.05) is 11.6 Å². The molecule has 4 aromatic rings.